The highest BCUT2D eigenvalue weighted by Gasteiger charge is 2.30. The summed E-state index contributed by atoms with van der Waals surface area (Å²) in [6.45, 7) is 8.75. The van der Waals surface area contributed by atoms with Crippen LogP contribution in [0.4, 0.5) is 5.13 Å². The normalized spacial score (nSPS) is 11.4. The first-order chi connectivity index (χ1) is 16.9. The summed E-state index contributed by atoms with van der Waals surface area (Å²) in [7, 11) is 1.58. The average Bonchev–Trinajstić information content (AvgIpc) is 3.47. The number of likely N-dealkylation sites (N-methyl/N-ethyl adjacent to an activating group) is 1. The molecule has 0 spiro atoms. The van der Waals surface area contributed by atoms with Crippen LogP contribution in [0.25, 0.3) is 21.5 Å². The van der Waals surface area contributed by atoms with Crippen molar-refractivity contribution in [2.75, 3.05) is 38.2 Å². The molecule has 2 aromatic heterocycles. The van der Waals surface area contributed by atoms with Gasteiger partial charge in [0, 0.05) is 18.7 Å². The van der Waals surface area contributed by atoms with Crippen LogP contribution in [-0.4, -0.2) is 54.2 Å². The van der Waals surface area contributed by atoms with Crippen molar-refractivity contribution >= 4 is 55.8 Å². The zero-order chi connectivity index (χ0) is 25.1. The molecule has 0 saturated heterocycles. The number of fused-ring (bicyclic) bond motifs is 1. The minimum atomic E-state index is -0.264. The molecule has 0 unspecified atom stereocenters. The summed E-state index contributed by atoms with van der Waals surface area (Å²) in [5.41, 5.74) is 2.01. The Labute approximate surface area is 218 Å². The van der Waals surface area contributed by atoms with Gasteiger partial charge in [-0.3, -0.25) is 9.69 Å². The highest BCUT2D eigenvalue weighted by molar-refractivity contribution is 7.23. The van der Waals surface area contributed by atoms with Gasteiger partial charge < -0.3 is 14.2 Å². The van der Waals surface area contributed by atoms with Crippen molar-refractivity contribution in [2.24, 2.45) is 0 Å². The molecule has 0 saturated carbocycles. The fraction of sp³-hybridized carbons (Fsp3) is 0.320. The largest absolute Gasteiger partial charge is 0.494 e. The molecular weight excluding hydrogens is 507 g/mol. The van der Waals surface area contributed by atoms with E-state index in [1.165, 1.54) is 11.3 Å². The predicted octanol–water partition coefficient (Wildman–Crippen LogP) is 6.56. The number of carbonyl (C=O) groups excluding carboxylic acids is 1. The molecule has 4 aromatic rings. The number of thiazole rings is 1. The van der Waals surface area contributed by atoms with E-state index in [4.69, 9.17) is 37.4 Å². The molecule has 10 heteroatoms. The molecule has 184 valence electrons. The molecule has 7 nitrogen and oxygen atoms in total. The standard InChI is InChI=1S/C25H26Cl2N4O3S/c1-5-30(6-2)13-14-31(25-28-22-19(33-4)12-11-18(27)23(22)35-25)24(32)20-15(3)34-29-21(20)16-9-7-8-10-17(16)26/h7-12H,5-6,13-14H2,1-4H3. The monoisotopic (exact) mass is 532 g/mol. The number of aryl methyl sites for hydroxylation is 1. The Bertz CT molecular complexity index is 1350. The number of aromatic nitrogens is 2. The van der Waals surface area contributed by atoms with Crippen molar-refractivity contribution < 1.29 is 14.1 Å². The number of hydrogen-bond acceptors (Lipinski definition) is 7. The van der Waals surface area contributed by atoms with Gasteiger partial charge >= 0.3 is 0 Å². The summed E-state index contributed by atoms with van der Waals surface area (Å²) in [6.07, 6.45) is 0. The predicted molar refractivity (Wildman–Crippen MR) is 142 cm³/mol. The molecule has 0 aliphatic rings. The summed E-state index contributed by atoms with van der Waals surface area (Å²) < 4.78 is 11.7. The van der Waals surface area contributed by atoms with Gasteiger partial charge in [-0.2, -0.15) is 0 Å². The number of nitrogens with zero attached hydrogens (tertiary/aromatic N) is 4. The van der Waals surface area contributed by atoms with E-state index in [9.17, 15) is 4.79 Å². The molecule has 0 bridgehead atoms. The van der Waals surface area contributed by atoms with Crippen LogP contribution in [-0.2, 0) is 0 Å². The second-order valence-corrected chi connectivity index (χ2v) is 9.64. The van der Waals surface area contributed by atoms with Crippen molar-refractivity contribution in [1.82, 2.24) is 15.0 Å². The van der Waals surface area contributed by atoms with Crippen LogP contribution in [0.5, 0.6) is 5.75 Å². The molecular formula is C25H26Cl2N4O3S. The first kappa shape index (κ1) is 25.4. The van der Waals surface area contributed by atoms with Crippen molar-refractivity contribution in [3.05, 3.63) is 57.8 Å². The summed E-state index contributed by atoms with van der Waals surface area (Å²) in [5.74, 6) is 0.746. The summed E-state index contributed by atoms with van der Waals surface area (Å²) in [6, 6.07) is 10.8. The average molecular weight is 533 g/mol. The zero-order valence-electron chi connectivity index (χ0n) is 20.0. The van der Waals surface area contributed by atoms with Gasteiger partial charge in [-0.05, 0) is 38.2 Å². The van der Waals surface area contributed by atoms with Crippen molar-refractivity contribution in [3.8, 4) is 17.0 Å². The Kier molecular flexibility index (Phi) is 7.96. The number of benzene rings is 2. The number of anilines is 1. The van der Waals surface area contributed by atoms with Gasteiger partial charge in [-0.15, -0.1) is 0 Å². The summed E-state index contributed by atoms with van der Waals surface area (Å²) in [4.78, 5) is 22.8. The molecule has 0 fully saturated rings. The molecule has 0 N–H and O–H groups in total. The van der Waals surface area contributed by atoms with Crippen LogP contribution in [0, 0.1) is 6.92 Å². The van der Waals surface area contributed by atoms with Gasteiger partial charge in [0.15, 0.2) is 5.13 Å². The highest BCUT2D eigenvalue weighted by atomic mass is 35.5. The third kappa shape index (κ3) is 5.02. The van der Waals surface area contributed by atoms with Crippen LogP contribution in [0.15, 0.2) is 40.9 Å². The number of carbonyl (C=O) groups is 1. The van der Waals surface area contributed by atoms with Gasteiger partial charge in [0.1, 0.15) is 28.3 Å². The van der Waals surface area contributed by atoms with E-state index >= 15 is 0 Å². The van der Waals surface area contributed by atoms with Crippen LogP contribution in [0.3, 0.4) is 0 Å². The van der Waals surface area contributed by atoms with Gasteiger partial charge in [0.25, 0.3) is 5.91 Å². The highest BCUT2D eigenvalue weighted by Crippen LogP contribution is 2.40. The van der Waals surface area contributed by atoms with Gasteiger partial charge in [0.2, 0.25) is 0 Å². The molecule has 0 atom stereocenters. The molecule has 0 aliphatic carbocycles. The van der Waals surface area contributed by atoms with E-state index in [0.29, 0.717) is 62.1 Å². The lowest BCUT2D eigenvalue weighted by molar-refractivity contribution is 0.0983. The smallest absolute Gasteiger partial charge is 0.266 e. The molecule has 1 amide bonds. The van der Waals surface area contributed by atoms with E-state index in [1.54, 1.807) is 37.1 Å². The Morgan fingerprint density at radius 2 is 1.83 bits per heavy atom. The molecule has 0 radical (unpaired) electrons. The fourth-order valence-corrected chi connectivity index (χ4v) is 5.39. The topological polar surface area (TPSA) is 71.7 Å². The van der Waals surface area contributed by atoms with Crippen molar-refractivity contribution in [1.29, 1.82) is 0 Å². The molecule has 4 rings (SSSR count). The second kappa shape index (κ2) is 11.0. The number of amides is 1. The van der Waals surface area contributed by atoms with Crippen LogP contribution < -0.4 is 9.64 Å². The Hall–Kier alpha value is -2.65. The lowest BCUT2D eigenvalue weighted by atomic mass is 10.1. The third-order valence-corrected chi connectivity index (χ3v) is 7.75. The van der Waals surface area contributed by atoms with E-state index in [1.807, 2.05) is 18.2 Å². The lowest BCUT2D eigenvalue weighted by Gasteiger charge is -2.24. The van der Waals surface area contributed by atoms with Crippen LogP contribution in [0.1, 0.15) is 30.0 Å². The quantitative estimate of drug-likeness (QED) is 0.243. The number of hydrogen-bond donors (Lipinski definition) is 0. The van der Waals surface area contributed by atoms with Crippen LogP contribution >= 0.6 is 34.5 Å². The zero-order valence-corrected chi connectivity index (χ0v) is 22.3. The van der Waals surface area contributed by atoms with Crippen molar-refractivity contribution in [3.63, 3.8) is 0 Å². The molecule has 2 heterocycles. The Morgan fingerprint density at radius 3 is 2.51 bits per heavy atom. The number of halogens is 2. The SMILES string of the molecule is CCN(CC)CCN(C(=O)c1c(-c2ccccc2Cl)noc1C)c1nc2c(OC)ccc(Cl)c2s1. The van der Waals surface area contributed by atoms with Gasteiger partial charge in [-0.1, -0.05) is 71.7 Å². The van der Waals surface area contributed by atoms with E-state index in [2.05, 4.69) is 23.9 Å². The first-order valence-electron chi connectivity index (χ1n) is 11.3. The van der Waals surface area contributed by atoms with E-state index in [0.717, 1.165) is 17.8 Å². The Balaban J connectivity index is 1.83. The summed E-state index contributed by atoms with van der Waals surface area (Å²) >= 11 is 14.3. The van der Waals surface area contributed by atoms with E-state index in [-0.39, 0.29) is 5.91 Å². The second-order valence-electron chi connectivity index (χ2n) is 7.85. The lowest BCUT2D eigenvalue weighted by Crippen LogP contribution is -2.39. The van der Waals surface area contributed by atoms with Crippen molar-refractivity contribution in [2.45, 2.75) is 20.8 Å². The number of methoxy groups -OCH3 is 1. The van der Waals surface area contributed by atoms with Crippen LogP contribution in [0.2, 0.25) is 10.0 Å². The molecule has 35 heavy (non-hydrogen) atoms. The minimum absolute atomic E-state index is 0.264. The Morgan fingerprint density at radius 1 is 1.09 bits per heavy atom. The van der Waals surface area contributed by atoms with Gasteiger partial charge in [-0.25, -0.2) is 4.98 Å². The van der Waals surface area contributed by atoms with E-state index < -0.39 is 0 Å². The maximum atomic E-state index is 14.1. The number of rotatable bonds is 9. The maximum Gasteiger partial charge on any atom is 0.266 e. The summed E-state index contributed by atoms with van der Waals surface area (Å²) in [5, 5.41) is 5.74. The number of ether oxygens (including phenoxy) is 1. The molecule has 2 aromatic carbocycles. The fourth-order valence-electron chi connectivity index (χ4n) is 3.88. The van der Waals surface area contributed by atoms with Gasteiger partial charge in [0.05, 0.1) is 21.9 Å². The first-order valence-corrected chi connectivity index (χ1v) is 12.8. The maximum absolute atomic E-state index is 14.1. The third-order valence-electron chi connectivity index (χ3n) is 5.88. The molecule has 0 aliphatic heterocycles. The minimum Gasteiger partial charge on any atom is -0.494 e.